The van der Waals surface area contributed by atoms with Crippen molar-refractivity contribution in [1.29, 1.82) is 0 Å². The molecule has 1 saturated carbocycles. The maximum Gasteiger partial charge on any atom is 0.304 e. The van der Waals surface area contributed by atoms with Crippen LogP contribution < -0.4 is 0 Å². The first kappa shape index (κ1) is 11.3. The van der Waals surface area contributed by atoms with Crippen molar-refractivity contribution in [2.75, 3.05) is 24.6 Å². The SMILES string of the molecule is O=C(O)CC1CSCCN1CC1CCC1. The van der Waals surface area contributed by atoms with Crippen molar-refractivity contribution in [3.8, 4) is 0 Å². The predicted octanol–water partition coefficient (Wildman–Crippen LogP) is 1.68. The first-order chi connectivity index (χ1) is 7.25. The van der Waals surface area contributed by atoms with Gasteiger partial charge in [0.05, 0.1) is 6.42 Å². The molecule has 1 aliphatic heterocycles. The monoisotopic (exact) mass is 229 g/mol. The summed E-state index contributed by atoms with van der Waals surface area (Å²) >= 11 is 1.90. The molecule has 1 aliphatic carbocycles. The van der Waals surface area contributed by atoms with Crippen molar-refractivity contribution >= 4 is 17.7 Å². The van der Waals surface area contributed by atoms with Gasteiger partial charge in [-0.3, -0.25) is 9.69 Å². The average Bonchev–Trinajstić information content (AvgIpc) is 2.13. The van der Waals surface area contributed by atoms with Gasteiger partial charge in [-0.15, -0.1) is 0 Å². The van der Waals surface area contributed by atoms with Gasteiger partial charge in [0.15, 0.2) is 0 Å². The molecule has 86 valence electrons. The summed E-state index contributed by atoms with van der Waals surface area (Å²) < 4.78 is 0. The van der Waals surface area contributed by atoms with E-state index in [1.807, 2.05) is 11.8 Å². The Bertz CT molecular complexity index is 231. The predicted molar refractivity (Wildman–Crippen MR) is 62.3 cm³/mol. The van der Waals surface area contributed by atoms with Gasteiger partial charge < -0.3 is 5.11 Å². The molecule has 0 amide bonds. The van der Waals surface area contributed by atoms with Gasteiger partial charge in [-0.25, -0.2) is 0 Å². The number of nitrogens with zero attached hydrogens (tertiary/aromatic N) is 1. The Labute approximate surface area is 95.2 Å². The lowest BCUT2D eigenvalue weighted by Gasteiger charge is -2.39. The van der Waals surface area contributed by atoms with Gasteiger partial charge in [0.1, 0.15) is 0 Å². The molecule has 0 aromatic heterocycles. The van der Waals surface area contributed by atoms with Crippen LogP contribution in [0.25, 0.3) is 0 Å². The van der Waals surface area contributed by atoms with Gasteiger partial charge in [-0.05, 0) is 18.8 Å². The second kappa shape index (κ2) is 5.21. The number of carbonyl (C=O) groups is 1. The summed E-state index contributed by atoms with van der Waals surface area (Å²) in [5.74, 6) is 2.37. The lowest BCUT2D eigenvalue weighted by Crippen LogP contribution is -2.46. The van der Waals surface area contributed by atoms with Crippen LogP contribution in [-0.2, 0) is 4.79 Å². The standard InChI is InChI=1S/C11H19NO2S/c13-11(14)6-10-8-15-5-4-12(10)7-9-2-1-3-9/h9-10H,1-8H2,(H,13,14). The van der Waals surface area contributed by atoms with E-state index in [0.717, 1.165) is 24.8 Å². The van der Waals surface area contributed by atoms with E-state index in [1.165, 1.54) is 25.0 Å². The Kier molecular flexibility index (Phi) is 3.92. The highest BCUT2D eigenvalue weighted by Crippen LogP contribution is 2.29. The molecule has 0 aromatic carbocycles. The second-order valence-corrected chi connectivity index (χ2v) is 5.77. The molecular formula is C11H19NO2S. The fourth-order valence-electron chi connectivity index (χ4n) is 2.33. The number of rotatable bonds is 4. The molecule has 0 radical (unpaired) electrons. The average molecular weight is 229 g/mol. The Balaban J connectivity index is 1.83. The molecule has 1 N–H and O–H groups in total. The molecule has 3 nitrogen and oxygen atoms in total. The zero-order valence-electron chi connectivity index (χ0n) is 9.02. The van der Waals surface area contributed by atoms with Crippen LogP contribution in [0, 0.1) is 5.92 Å². The van der Waals surface area contributed by atoms with E-state index in [-0.39, 0.29) is 6.04 Å². The van der Waals surface area contributed by atoms with Crippen molar-refractivity contribution in [1.82, 2.24) is 4.90 Å². The molecule has 2 fully saturated rings. The smallest absolute Gasteiger partial charge is 0.304 e. The number of hydrogen-bond donors (Lipinski definition) is 1. The maximum atomic E-state index is 10.7. The summed E-state index contributed by atoms with van der Waals surface area (Å²) in [5, 5.41) is 8.85. The fourth-order valence-corrected chi connectivity index (χ4v) is 3.46. The number of aliphatic carboxylic acids is 1. The van der Waals surface area contributed by atoms with Gasteiger partial charge in [-0.2, -0.15) is 11.8 Å². The summed E-state index contributed by atoms with van der Waals surface area (Å²) in [7, 11) is 0. The summed E-state index contributed by atoms with van der Waals surface area (Å²) in [5.41, 5.74) is 0. The molecule has 15 heavy (non-hydrogen) atoms. The van der Waals surface area contributed by atoms with Gasteiger partial charge in [0.25, 0.3) is 0 Å². The lowest BCUT2D eigenvalue weighted by molar-refractivity contribution is -0.138. The minimum absolute atomic E-state index is 0.279. The van der Waals surface area contributed by atoms with Gasteiger partial charge >= 0.3 is 5.97 Å². The van der Waals surface area contributed by atoms with Crippen molar-refractivity contribution < 1.29 is 9.90 Å². The van der Waals surface area contributed by atoms with Crippen molar-refractivity contribution in [3.63, 3.8) is 0 Å². The zero-order valence-corrected chi connectivity index (χ0v) is 9.84. The highest BCUT2D eigenvalue weighted by molar-refractivity contribution is 7.99. The molecule has 1 unspecified atom stereocenters. The van der Waals surface area contributed by atoms with Crippen LogP contribution in [0.15, 0.2) is 0 Å². The van der Waals surface area contributed by atoms with Crippen molar-refractivity contribution in [2.45, 2.75) is 31.7 Å². The third kappa shape index (κ3) is 3.11. The summed E-state index contributed by atoms with van der Waals surface area (Å²) in [4.78, 5) is 13.2. The Morgan fingerprint density at radius 3 is 2.87 bits per heavy atom. The largest absolute Gasteiger partial charge is 0.481 e. The van der Waals surface area contributed by atoms with Gasteiger partial charge in [0.2, 0.25) is 0 Å². The van der Waals surface area contributed by atoms with E-state index in [4.69, 9.17) is 5.11 Å². The minimum atomic E-state index is -0.652. The quantitative estimate of drug-likeness (QED) is 0.796. The van der Waals surface area contributed by atoms with E-state index in [2.05, 4.69) is 4.90 Å². The summed E-state index contributed by atoms with van der Waals surface area (Å²) in [6.45, 7) is 2.22. The Morgan fingerprint density at radius 1 is 1.47 bits per heavy atom. The zero-order chi connectivity index (χ0) is 10.7. The van der Waals surface area contributed by atoms with Crippen LogP contribution in [0.1, 0.15) is 25.7 Å². The van der Waals surface area contributed by atoms with E-state index >= 15 is 0 Å². The van der Waals surface area contributed by atoms with E-state index < -0.39 is 5.97 Å². The first-order valence-corrected chi connectivity index (χ1v) is 6.95. The van der Waals surface area contributed by atoms with Crippen LogP contribution in [0.3, 0.4) is 0 Å². The molecule has 4 heteroatoms. The molecule has 1 atom stereocenters. The highest BCUT2D eigenvalue weighted by atomic mass is 32.2. The van der Waals surface area contributed by atoms with E-state index in [9.17, 15) is 4.79 Å². The van der Waals surface area contributed by atoms with Crippen LogP contribution in [0.4, 0.5) is 0 Å². The van der Waals surface area contributed by atoms with E-state index in [1.54, 1.807) is 0 Å². The third-order valence-corrected chi connectivity index (χ3v) is 4.57. The topological polar surface area (TPSA) is 40.5 Å². The molecule has 0 aromatic rings. The minimum Gasteiger partial charge on any atom is -0.481 e. The molecule has 0 bridgehead atoms. The molecule has 0 spiro atoms. The van der Waals surface area contributed by atoms with Crippen LogP contribution in [0.5, 0.6) is 0 Å². The third-order valence-electron chi connectivity index (χ3n) is 3.48. The number of thioether (sulfide) groups is 1. The van der Waals surface area contributed by atoms with Crippen LogP contribution in [-0.4, -0.2) is 46.6 Å². The van der Waals surface area contributed by atoms with Crippen LogP contribution in [0.2, 0.25) is 0 Å². The second-order valence-electron chi connectivity index (χ2n) is 4.62. The molecular weight excluding hydrogens is 210 g/mol. The number of carboxylic acids is 1. The molecule has 2 rings (SSSR count). The maximum absolute atomic E-state index is 10.7. The molecule has 1 saturated heterocycles. The van der Waals surface area contributed by atoms with Crippen molar-refractivity contribution in [3.05, 3.63) is 0 Å². The Morgan fingerprint density at radius 2 is 2.27 bits per heavy atom. The summed E-state index contributed by atoms with van der Waals surface area (Å²) in [6.07, 6.45) is 4.39. The van der Waals surface area contributed by atoms with E-state index in [0.29, 0.717) is 6.42 Å². The highest BCUT2D eigenvalue weighted by Gasteiger charge is 2.28. The van der Waals surface area contributed by atoms with Crippen molar-refractivity contribution in [2.24, 2.45) is 5.92 Å². The Hall–Kier alpha value is -0.220. The lowest BCUT2D eigenvalue weighted by atomic mass is 9.85. The summed E-state index contributed by atoms with van der Waals surface area (Å²) in [6, 6.07) is 0.279. The number of hydrogen-bond acceptors (Lipinski definition) is 3. The number of carboxylic acid groups (broad SMARTS) is 1. The molecule has 1 heterocycles. The normalized spacial score (nSPS) is 28.7. The van der Waals surface area contributed by atoms with Gasteiger partial charge in [0, 0.05) is 30.6 Å². The molecule has 2 aliphatic rings. The first-order valence-electron chi connectivity index (χ1n) is 5.79. The van der Waals surface area contributed by atoms with Gasteiger partial charge in [-0.1, -0.05) is 6.42 Å². The fraction of sp³-hybridized carbons (Fsp3) is 0.909. The van der Waals surface area contributed by atoms with Crippen LogP contribution >= 0.6 is 11.8 Å².